The number of aromatic hydroxyl groups is 1. The van der Waals surface area contributed by atoms with Gasteiger partial charge in [0.1, 0.15) is 5.75 Å². The molecule has 2 fully saturated rings. The quantitative estimate of drug-likeness (QED) is 0.300. The summed E-state index contributed by atoms with van der Waals surface area (Å²) in [7, 11) is -1.04. The zero-order valence-corrected chi connectivity index (χ0v) is 21.0. The molecule has 9 heteroatoms. The van der Waals surface area contributed by atoms with E-state index in [1.54, 1.807) is 12.1 Å². The number of allylic oxidation sites excluding steroid dienone is 1. The van der Waals surface area contributed by atoms with Crippen molar-refractivity contribution in [3.63, 3.8) is 0 Å². The smallest absolute Gasteiger partial charge is 0.455 e. The molecule has 1 aromatic carbocycles. The number of para-hydroxylation sites is 1. The molecule has 0 spiro atoms. The van der Waals surface area contributed by atoms with E-state index in [9.17, 15) is 24.8 Å². The maximum Gasteiger partial charge on any atom is 0.455 e. The van der Waals surface area contributed by atoms with Gasteiger partial charge in [0.2, 0.25) is 11.8 Å². The van der Waals surface area contributed by atoms with Crippen molar-refractivity contribution < 1.29 is 29.5 Å². The first-order valence-electron chi connectivity index (χ1n) is 12.4. The number of phenols is 1. The van der Waals surface area contributed by atoms with Crippen LogP contribution in [0.5, 0.6) is 5.75 Å². The van der Waals surface area contributed by atoms with Gasteiger partial charge in [0.25, 0.3) is 0 Å². The Morgan fingerprint density at radius 1 is 1.19 bits per heavy atom. The van der Waals surface area contributed by atoms with Crippen LogP contribution in [0.2, 0.25) is 6.32 Å². The second-order valence-electron chi connectivity index (χ2n) is 9.91. The molecular weight excluding hydrogens is 477 g/mol. The Hall–Kier alpha value is -2.72. The summed E-state index contributed by atoms with van der Waals surface area (Å²) < 4.78 is 5.94. The van der Waals surface area contributed by atoms with Crippen LogP contribution in [0.15, 0.2) is 58.5 Å². The van der Waals surface area contributed by atoms with E-state index in [1.165, 1.54) is 16.2 Å². The largest absolute Gasteiger partial charge is 0.507 e. The molecule has 4 atom stereocenters. The van der Waals surface area contributed by atoms with Crippen LogP contribution in [-0.2, 0) is 20.8 Å². The number of nitrogens with zero attached hydrogens (tertiary/aromatic N) is 1. The van der Waals surface area contributed by atoms with Crippen LogP contribution >= 0.6 is 11.3 Å². The summed E-state index contributed by atoms with van der Waals surface area (Å²) in [5.41, 5.74) is 3.39. The normalized spacial score (nSPS) is 26.5. The number of fused-ring (bicyclic) bond motifs is 3. The van der Waals surface area contributed by atoms with Crippen LogP contribution in [0.25, 0.3) is 6.08 Å². The minimum atomic E-state index is -1.04. The highest BCUT2D eigenvalue weighted by Gasteiger charge is 2.57. The van der Waals surface area contributed by atoms with E-state index in [-0.39, 0.29) is 43.0 Å². The molecule has 2 aliphatic heterocycles. The Balaban J connectivity index is 1.38. The van der Waals surface area contributed by atoms with E-state index < -0.39 is 25.1 Å². The van der Waals surface area contributed by atoms with Gasteiger partial charge in [-0.3, -0.25) is 14.5 Å². The molecule has 188 valence electrons. The first-order valence-corrected chi connectivity index (χ1v) is 13.2. The van der Waals surface area contributed by atoms with E-state index in [2.05, 4.69) is 0 Å². The van der Waals surface area contributed by atoms with Crippen molar-refractivity contribution in [2.45, 2.75) is 45.2 Å². The summed E-state index contributed by atoms with van der Waals surface area (Å²) in [6, 6.07) is 10.9. The topological polar surface area (TPSA) is 107 Å². The van der Waals surface area contributed by atoms with Crippen LogP contribution in [0.3, 0.4) is 0 Å². The fourth-order valence-corrected chi connectivity index (χ4v) is 6.69. The summed E-state index contributed by atoms with van der Waals surface area (Å²) >= 11 is 1.51. The lowest BCUT2D eigenvalue weighted by molar-refractivity contribution is -0.140. The maximum absolute atomic E-state index is 13.5. The van der Waals surface area contributed by atoms with Crippen molar-refractivity contribution in [1.82, 2.24) is 4.90 Å². The lowest BCUT2D eigenvalue weighted by Gasteiger charge is -2.42. The van der Waals surface area contributed by atoms with Crippen LogP contribution in [0.1, 0.15) is 36.6 Å². The van der Waals surface area contributed by atoms with E-state index >= 15 is 0 Å². The molecule has 7 nitrogen and oxygen atoms in total. The van der Waals surface area contributed by atoms with Crippen molar-refractivity contribution in [2.24, 2.45) is 17.8 Å². The number of likely N-dealkylation sites (tertiary alicyclic amines) is 1. The number of thiophene rings is 1. The van der Waals surface area contributed by atoms with Crippen molar-refractivity contribution >= 4 is 36.3 Å². The molecule has 0 saturated carbocycles. The highest BCUT2D eigenvalue weighted by atomic mass is 32.1. The summed E-state index contributed by atoms with van der Waals surface area (Å²) in [4.78, 5) is 29.1. The third-order valence-electron chi connectivity index (χ3n) is 7.62. The summed E-state index contributed by atoms with van der Waals surface area (Å²) in [5.74, 6) is -1.57. The highest BCUT2D eigenvalue weighted by molar-refractivity contribution is 7.09. The third kappa shape index (κ3) is 4.68. The molecule has 1 aliphatic carbocycles. The van der Waals surface area contributed by atoms with Crippen molar-refractivity contribution in [1.29, 1.82) is 0 Å². The van der Waals surface area contributed by atoms with Crippen molar-refractivity contribution in [3.05, 3.63) is 68.9 Å². The number of aliphatic hydroxyl groups excluding tert-OH is 1. The second kappa shape index (κ2) is 10.3. The summed E-state index contributed by atoms with van der Waals surface area (Å²) in [5, 5.41) is 32.8. The number of amides is 2. The number of carbonyl (C=O) groups is 2. The molecule has 3 heterocycles. The predicted octanol–water partition coefficient (Wildman–Crippen LogP) is 3.63. The van der Waals surface area contributed by atoms with Crippen LogP contribution in [0, 0.1) is 17.8 Å². The molecule has 3 N–H and O–H groups in total. The fourth-order valence-electron chi connectivity index (χ4n) is 6.00. The van der Waals surface area contributed by atoms with Gasteiger partial charge in [-0.1, -0.05) is 35.9 Å². The highest BCUT2D eigenvalue weighted by Crippen LogP contribution is 2.50. The molecule has 2 amide bonds. The monoisotopic (exact) mass is 507 g/mol. The van der Waals surface area contributed by atoms with Gasteiger partial charge in [0.05, 0.1) is 31.1 Å². The number of imide groups is 1. The van der Waals surface area contributed by atoms with E-state index in [1.807, 2.05) is 42.6 Å². The Morgan fingerprint density at radius 2 is 2.00 bits per heavy atom. The minimum absolute atomic E-state index is 0.192. The summed E-state index contributed by atoms with van der Waals surface area (Å²) in [6.45, 7) is 2.03. The minimum Gasteiger partial charge on any atom is -0.507 e. The van der Waals surface area contributed by atoms with Crippen molar-refractivity contribution in [2.75, 3.05) is 6.61 Å². The van der Waals surface area contributed by atoms with E-state index in [0.717, 1.165) is 27.2 Å². The molecule has 36 heavy (non-hydrogen) atoms. The second-order valence-corrected chi connectivity index (χ2v) is 10.9. The Labute approximate surface area is 214 Å². The van der Waals surface area contributed by atoms with E-state index in [0.29, 0.717) is 19.3 Å². The number of rotatable bonds is 7. The fraction of sp³-hybridized carbons (Fsp3) is 0.407. The number of carbonyl (C=O) groups excluding carboxylic acids is 2. The number of phenolic OH excluding ortho intramolecular Hbond substituents is 1. The van der Waals surface area contributed by atoms with Gasteiger partial charge in [0.15, 0.2) is 0 Å². The van der Waals surface area contributed by atoms with Gasteiger partial charge in [-0.15, -0.1) is 11.3 Å². The number of benzene rings is 1. The van der Waals surface area contributed by atoms with Crippen LogP contribution < -0.4 is 0 Å². The molecule has 5 rings (SSSR count). The third-order valence-corrected chi connectivity index (χ3v) is 8.48. The van der Waals surface area contributed by atoms with Gasteiger partial charge in [-0.05, 0) is 67.1 Å². The number of hydrogen-bond donors (Lipinski definition) is 3. The number of aliphatic hydroxyl groups is 1. The predicted molar refractivity (Wildman–Crippen MR) is 138 cm³/mol. The molecule has 0 unspecified atom stereocenters. The summed E-state index contributed by atoms with van der Waals surface area (Å²) in [6.07, 6.45) is 3.23. The zero-order valence-electron chi connectivity index (χ0n) is 20.2. The Morgan fingerprint density at radius 3 is 2.72 bits per heavy atom. The average molecular weight is 507 g/mol. The molecule has 0 bridgehead atoms. The SMILES string of the molecule is C/C(=C\c1ccccc1O)CC[C@H]1OB(O)C[C@H]2C1=C(CO)C[C@H]1C(=O)N(Cc3cccs3)C(=O)[C@H]12. The average Bonchev–Trinajstić information content (AvgIpc) is 3.46. The molecule has 3 aliphatic rings. The number of hydrogen-bond acceptors (Lipinski definition) is 7. The maximum atomic E-state index is 13.5. The first kappa shape index (κ1) is 25.0. The van der Waals surface area contributed by atoms with Crippen LogP contribution in [-0.4, -0.2) is 51.8 Å². The zero-order chi connectivity index (χ0) is 25.4. The Bertz CT molecular complexity index is 1210. The van der Waals surface area contributed by atoms with E-state index in [4.69, 9.17) is 4.65 Å². The first-order chi connectivity index (χ1) is 17.4. The molecule has 2 saturated heterocycles. The molecular formula is C27H30BNO6S. The standard InChI is InChI=1S/C27H30BNO6S/c1-16(11-17-5-2-3-7-22(17)31)8-9-23-24-18(15-30)12-20-25(21(24)13-28(34)35-23)27(33)29(26(20)32)14-19-6-4-10-36-19/h2-7,10-11,20-21,23,25,30-31,34H,8-9,12-15H2,1H3/b16-11+/t20-,21+,23-,25-/m1/s1. The van der Waals surface area contributed by atoms with Crippen molar-refractivity contribution in [3.8, 4) is 5.75 Å². The van der Waals surface area contributed by atoms with Gasteiger partial charge in [-0.2, -0.15) is 0 Å². The molecule has 2 aromatic rings. The molecule has 1 aromatic heterocycles. The lowest BCUT2D eigenvalue weighted by Crippen LogP contribution is -2.46. The van der Waals surface area contributed by atoms with Gasteiger partial charge >= 0.3 is 7.12 Å². The molecule has 0 radical (unpaired) electrons. The van der Waals surface area contributed by atoms with Gasteiger partial charge in [-0.25, -0.2) is 0 Å². The Kier molecular flexibility index (Phi) is 7.17. The lowest BCUT2D eigenvalue weighted by atomic mass is 9.58. The van der Waals surface area contributed by atoms with Crippen LogP contribution in [0.4, 0.5) is 0 Å². The van der Waals surface area contributed by atoms with Gasteiger partial charge in [0, 0.05) is 10.4 Å². The van der Waals surface area contributed by atoms with Gasteiger partial charge < -0.3 is 19.9 Å².